The zero-order valence-corrected chi connectivity index (χ0v) is 19.1. The quantitative estimate of drug-likeness (QED) is 0.446. The first-order chi connectivity index (χ1) is 13.8. The Hall–Kier alpha value is -1.19. The summed E-state index contributed by atoms with van der Waals surface area (Å²) in [6.07, 6.45) is 2.28. The van der Waals surface area contributed by atoms with Crippen molar-refractivity contribution in [2.75, 3.05) is 13.7 Å². The van der Waals surface area contributed by atoms with E-state index in [0.29, 0.717) is 12.8 Å². The van der Waals surface area contributed by atoms with E-state index in [-0.39, 0.29) is 35.2 Å². The van der Waals surface area contributed by atoms with Crippen molar-refractivity contribution in [2.45, 2.75) is 81.1 Å². The summed E-state index contributed by atoms with van der Waals surface area (Å²) in [7, 11) is 1.54. The van der Waals surface area contributed by atoms with Crippen molar-refractivity contribution in [3.63, 3.8) is 0 Å². The third-order valence-corrected chi connectivity index (χ3v) is 7.56. The Bertz CT molecular complexity index is 673. The lowest BCUT2D eigenvalue weighted by molar-refractivity contribution is -0.145. The van der Waals surface area contributed by atoms with Crippen LogP contribution in [0.3, 0.4) is 0 Å². The van der Waals surface area contributed by atoms with Crippen molar-refractivity contribution in [3.05, 3.63) is 0 Å². The molecule has 3 rings (SSSR count). The molecule has 3 heterocycles. The molecule has 9 heteroatoms. The molecule has 8 nitrogen and oxygen atoms in total. The number of ether oxygens (including phenoxy) is 1. The number of hydrogen-bond acceptors (Lipinski definition) is 5. The molecule has 29 heavy (non-hydrogen) atoms. The van der Waals surface area contributed by atoms with Crippen molar-refractivity contribution >= 4 is 33.7 Å². The smallest absolute Gasteiger partial charge is 0.246 e. The lowest BCUT2D eigenvalue weighted by Gasteiger charge is -2.37. The van der Waals surface area contributed by atoms with Gasteiger partial charge in [-0.05, 0) is 26.2 Å². The van der Waals surface area contributed by atoms with Gasteiger partial charge in [0.05, 0.1) is 30.6 Å². The van der Waals surface area contributed by atoms with Gasteiger partial charge >= 0.3 is 0 Å². The maximum Gasteiger partial charge on any atom is 0.246 e. The summed E-state index contributed by atoms with van der Waals surface area (Å²) >= 11 is 3.61. The number of halogens is 1. The molecule has 4 unspecified atom stereocenters. The average Bonchev–Trinajstić information content (AvgIpc) is 3.26. The van der Waals surface area contributed by atoms with Crippen LogP contribution in [0.25, 0.3) is 0 Å². The number of nitrogens with one attached hydrogen (secondary N) is 2. The number of alkyl halides is 1. The van der Waals surface area contributed by atoms with E-state index in [1.54, 1.807) is 7.05 Å². The highest BCUT2D eigenvalue weighted by Crippen LogP contribution is 2.60. The fourth-order valence-electron chi connectivity index (χ4n) is 5.47. The number of rotatable bonds is 8. The van der Waals surface area contributed by atoms with Gasteiger partial charge in [-0.3, -0.25) is 14.4 Å². The van der Waals surface area contributed by atoms with Gasteiger partial charge < -0.3 is 25.4 Å². The van der Waals surface area contributed by atoms with E-state index in [1.807, 2.05) is 20.8 Å². The van der Waals surface area contributed by atoms with Crippen LogP contribution in [0.4, 0.5) is 0 Å². The fourth-order valence-corrected chi connectivity index (χ4v) is 6.41. The summed E-state index contributed by atoms with van der Waals surface area (Å²) < 4.78 is 6.33. The van der Waals surface area contributed by atoms with Crippen LogP contribution in [0, 0.1) is 11.8 Å². The first-order valence-electron chi connectivity index (χ1n) is 10.5. The average molecular weight is 474 g/mol. The van der Waals surface area contributed by atoms with Gasteiger partial charge in [-0.2, -0.15) is 0 Å². The minimum atomic E-state index is -1.06. The van der Waals surface area contributed by atoms with Gasteiger partial charge in [0.2, 0.25) is 17.7 Å². The first kappa shape index (κ1) is 22.5. The van der Waals surface area contributed by atoms with Crippen molar-refractivity contribution in [1.29, 1.82) is 0 Å². The van der Waals surface area contributed by atoms with Gasteiger partial charge in [0.15, 0.2) is 0 Å². The Balaban J connectivity index is 2.04. The van der Waals surface area contributed by atoms with E-state index in [2.05, 4.69) is 26.6 Å². The molecule has 0 aromatic heterocycles. The number of carbonyl (C=O) groups is 3. The number of nitrogens with zero attached hydrogens (tertiary/aromatic N) is 1. The predicted molar refractivity (Wildman–Crippen MR) is 110 cm³/mol. The number of aliphatic hydroxyl groups is 1. The summed E-state index contributed by atoms with van der Waals surface area (Å²) in [5.74, 6) is -2.18. The minimum absolute atomic E-state index is 0.0396. The second-order valence-corrected chi connectivity index (χ2v) is 9.64. The Morgan fingerprint density at radius 3 is 2.62 bits per heavy atom. The summed E-state index contributed by atoms with van der Waals surface area (Å²) in [6, 6.07) is -1.40. The van der Waals surface area contributed by atoms with Crippen LogP contribution in [0.1, 0.15) is 46.5 Å². The molecule has 0 radical (unpaired) electrons. The number of hydrogen-bond donors (Lipinski definition) is 3. The highest BCUT2D eigenvalue weighted by Gasteiger charge is 2.76. The van der Waals surface area contributed by atoms with Gasteiger partial charge in [0.1, 0.15) is 11.6 Å². The van der Waals surface area contributed by atoms with Crippen molar-refractivity contribution in [1.82, 2.24) is 15.5 Å². The van der Waals surface area contributed by atoms with Gasteiger partial charge in [0.25, 0.3) is 0 Å². The molecular formula is C20H32BrN3O5. The number of fused-ring (bicyclic) bond motifs is 1. The summed E-state index contributed by atoms with van der Waals surface area (Å²) in [6.45, 7) is 5.61. The SMILES string of the molecule is CCCC(C)NC(=O)C1N([C@@H](CC)CO)C(=O)[C@@H]2[C@H](C(=O)NC)[C@H]3OC12CC3Br. The predicted octanol–water partition coefficient (Wildman–Crippen LogP) is 0.556. The van der Waals surface area contributed by atoms with Crippen molar-refractivity contribution in [2.24, 2.45) is 11.8 Å². The summed E-state index contributed by atoms with van der Waals surface area (Å²) in [5, 5.41) is 15.6. The molecule has 3 N–H and O–H groups in total. The largest absolute Gasteiger partial charge is 0.394 e. The highest BCUT2D eigenvalue weighted by atomic mass is 79.9. The van der Waals surface area contributed by atoms with Crippen LogP contribution in [0.2, 0.25) is 0 Å². The molecule has 0 aromatic rings. The molecule has 1 spiro atoms. The van der Waals surface area contributed by atoms with Gasteiger partial charge in [-0.15, -0.1) is 0 Å². The van der Waals surface area contributed by atoms with E-state index in [1.165, 1.54) is 4.90 Å². The lowest BCUT2D eigenvalue weighted by atomic mass is 9.70. The summed E-state index contributed by atoms with van der Waals surface area (Å²) in [4.78, 5) is 41.0. The molecule has 3 amide bonds. The van der Waals surface area contributed by atoms with E-state index in [9.17, 15) is 19.5 Å². The number of aliphatic hydroxyl groups excluding tert-OH is 1. The molecular weight excluding hydrogens is 442 g/mol. The molecule has 164 valence electrons. The lowest BCUT2D eigenvalue weighted by Crippen LogP contribution is -2.59. The van der Waals surface area contributed by atoms with Crippen LogP contribution in [-0.4, -0.2) is 76.0 Å². The van der Waals surface area contributed by atoms with Crippen LogP contribution in [-0.2, 0) is 19.1 Å². The zero-order valence-electron chi connectivity index (χ0n) is 17.5. The number of carbonyl (C=O) groups excluding carboxylic acids is 3. The van der Waals surface area contributed by atoms with Gasteiger partial charge in [-0.25, -0.2) is 0 Å². The first-order valence-corrected chi connectivity index (χ1v) is 11.5. The highest BCUT2D eigenvalue weighted by molar-refractivity contribution is 9.09. The van der Waals surface area contributed by atoms with E-state index in [0.717, 1.165) is 12.8 Å². The van der Waals surface area contributed by atoms with E-state index in [4.69, 9.17) is 4.74 Å². The Labute approximate surface area is 180 Å². The van der Waals surface area contributed by atoms with Gasteiger partial charge in [-0.1, -0.05) is 36.2 Å². The number of amides is 3. The van der Waals surface area contributed by atoms with Crippen molar-refractivity contribution in [3.8, 4) is 0 Å². The fraction of sp³-hybridized carbons (Fsp3) is 0.850. The topological polar surface area (TPSA) is 108 Å². The van der Waals surface area contributed by atoms with Crippen LogP contribution in [0.5, 0.6) is 0 Å². The second kappa shape index (κ2) is 8.51. The zero-order chi connectivity index (χ0) is 21.5. The normalized spacial score (nSPS) is 37.4. The van der Waals surface area contributed by atoms with Crippen LogP contribution >= 0.6 is 15.9 Å². The maximum absolute atomic E-state index is 13.6. The Morgan fingerprint density at radius 1 is 1.38 bits per heavy atom. The minimum Gasteiger partial charge on any atom is -0.394 e. The van der Waals surface area contributed by atoms with Crippen LogP contribution in [0.15, 0.2) is 0 Å². The molecule has 3 fully saturated rings. The number of likely N-dealkylation sites (tertiary alicyclic amines) is 1. The third-order valence-electron chi connectivity index (χ3n) is 6.71. The molecule has 3 aliphatic rings. The van der Waals surface area contributed by atoms with E-state index < -0.39 is 35.6 Å². The van der Waals surface area contributed by atoms with Crippen LogP contribution < -0.4 is 10.6 Å². The second-order valence-electron chi connectivity index (χ2n) is 8.47. The molecule has 0 aromatic carbocycles. The molecule has 2 bridgehead atoms. The molecule has 3 saturated heterocycles. The molecule has 8 atom stereocenters. The molecule has 0 saturated carbocycles. The van der Waals surface area contributed by atoms with E-state index >= 15 is 0 Å². The summed E-state index contributed by atoms with van der Waals surface area (Å²) in [5.41, 5.74) is -1.06. The standard InChI is InChI=1S/C20H32BrN3O5/c1-5-7-10(3)23-18(27)16-20-8-12(21)15(29-20)13(17(26)22-4)14(20)19(28)24(16)11(6-2)9-25/h10-16,25H,5-9H2,1-4H3,(H,22,26)(H,23,27)/t10?,11-,12?,13-,14-,15-,16?,20?/m0/s1. The molecule has 0 aliphatic carbocycles. The Morgan fingerprint density at radius 2 is 2.07 bits per heavy atom. The van der Waals surface area contributed by atoms with Gasteiger partial charge in [0, 0.05) is 17.9 Å². The van der Waals surface area contributed by atoms with Crippen molar-refractivity contribution < 1.29 is 24.2 Å². The Kier molecular flexibility index (Phi) is 6.60. The molecule has 3 aliphatic heterocycles. The monoisotopic (exact) mass is 473 g/mol. The third kappa shape index (κ3) is 3.39. The maximum atomic E-state index is 13.6.